The minimum absolute atomic E-state index is 0.0666. The number of hydrogen-bond donors (Lipinski definition) is 2. The van der Waals surface area contributed by atoms with Crippen LogP contribution in [-0.4, -0.2) is 41.0 Å². The molecule has 2 aliphatic rings. The predicted molar refractivity (Wildman–Crippen MR) is 85.6 cm³/mol. The second-order valence-electron chi connectivity index (χ2n) is 5.83. The molecule has 22 heavy (non-hydrogen) atoms. The van der Waals surface area contributed by atoms with E-state index in [1.54, 1.807) is 18.9 Å². The molecule has 0 aromatic heterocycles. The van der Waals surface area contributed by atoms with E-state index in [0.29, 0.717) is 5.75 Å². The van der Waals surface area contributed by atoms with Crippen molar-refractivity contribution in [1.82, 2.24) is 5.32 Å². The van der Waals surface area contributed by atoms with Crippen LogP contribution in [0.5, 0.6) is 11.5 Å². The van der Waals surface area contributed by atoms with Crippen molar-refractivity contribution in [2.24, 2.45) is 0 Å². The molecule has 0 radical (unpaired) electrons. The van der Waals surface area contributed by atoms with Gasteiger partial charge in [0.15, 0.2) is 0 Å². The number of carboxylic acid groups (broad SMARTS) is 1. The van der Waals surface area contributed by atoms with Gasteiger partial charge in [0.1, 0.15) is 17.5 Å². The summed E-state index contributed by atoms with van der Waals surface area (Å²) in [6, 6.07) is 7.22. The van der Waals surface area contributed by atoms with E-state index in [4.69, 9.17) is 14.6 Å². The zero-order chi connectivity index (χ0) is 15.6. The molecule has 120 valence electrons. The van der Waals surface area contributed by atoms with Crippen molar-refractivity contribution in [2.45, 2.75) is 42.7 Å². The number of thioether (sulfide) groups is 1. The Bertz CT molecular complexity index is 525. The van der Waals surface area contributed by atoms with Gasteiger partial charge in [0.2, 0.25) is 0 Å². The Hall–Kier alpha value is -1.40. The lowest BCUT2D eigenvalue weighted by Crippen LogP contribution is -2.48. The van der Waals surface area contributed by atoms with Gasteiger partial charge in [0.25, 0.3) is 0 Å². The van der Waals surface area contributed by atoms with E-state index in [-0.39, 0.29) is 11.0 Å². The first-order valence-electron chi connectivity index (χ1n) is 7.55. The quantitative estimate of drug-likeness (QED) is 0.887. The van der Waals surface area contributed by atoms with E-state index in [1.807, 2.05) is 24.3 Å². The summed E-state index contributed by atoms with van der Waals surface area (Å²) in [4.78, 5) is 11.0. The first kappa shape index (κ1) is 15.5. The molecule has 1 saturated heterocycles. The van der Waals surface area contributed by atoms with Crippen LogP contribution in [0.2, 0.25) is 0 Å². The van der Waals surface area contributed by atoms with Gasteiger partial charge in [0.05, 0.1) is 18.1 Å². The summed E-state index contributed by atoms with van der Waals surface area (Å²) in [6.45, 7) is 0. The molecule has 2 fully saturated rings. The van der Waals surface area contributed by atoms with Gasteiger partial charge in [-0.25, -0.2) is 0 Å². The van der Waals surface area contributed by atoms with E-state index in [0.717, 1.165) is 37.2 Å². The van der Waals surface area contributed by atoms with Crippen molar-refractivity contribution in [3.63, 3.8) is 0 Å². The predicted octanol–water partition coefficient (Wildman–Crippen LogP) is 2.50. The Morgan fingerprint density at radius 1 is 1.27 bits per heavy atom. The van der Waals surface area contributed by atoms with Crippen LogP contribution in [0.25, 0.3) is 0 Å². The Morgan fingerprint density at radius 3 is 2.45 bits per heavy atom. The minimum atomic E-state index is -0.749. The van der Waals surface area contributed by atoms with Crippen molar-refractivity contribution in [3.8, 4) is 11.5 Å². The number of rotatable bonds is 4. The lowest BCUT2D eigenvalue weighted by atomic mass is 9.91. The highest BCUT2D eigenvalue weighted by atomic mass is 32.2. The van der Waals surface area contributed by atoms with Crippen molar-refractivity contribution in [3.05, 3.63) is 24.3 Å². The number of hydrogen-bond acceptors (Lipinski definition) is 5. The normalized spacial score (nSPS) is 31.1. The molecule has 1 aliphatic carbocycles. The third-order valence-corrected chi connectivity index (χ3v) is 5.94. The molecular weight excluding hydrogens is 302 g/mol. The van der Waals surface area contributed by atoms with Crippen molar-refractivity contribution in [1.29, 1.82) is 0 Å². The van der Waals surface area contributed by atoms with Crippen LogP contribution in [0.1, 0.15) is 25.7 Å². The molecule has 1 atom stereocenters. The largest absolute Gasteiger partial charge is 0.497 e. The molecule has 1 saturated carbocycles. The van der Waals surface area contributed by atoms with E-state index in [9.17, 15) is 4.79 Å². The molecule has 1 heterocycles. The minimum Gasteiger partial charge on any atom is -0.497 e. The van der Waals surface area contributed by atoms with E-state index in [1.165, 1.54) is 0 Å². The second kappa shape index (κ2) is 6.38. The van der Waals surface area contributed by atoms with Crippen LogP contribution in [0.15, 0.2) is 24.3 Å². The standard InChI is InChI=1S/C16H21NO4S/c1-20-11-2-4-12(5-3-11)21-13-6-8-16(9-7-13)17-14(10-22-16)15(18)19/h2-5,13-14,17H,6-10H2,1H3,(H,18,19). The maximum Gasteiger partial charge on any atom is 0.321 e. The van der Waals surface area contributed by atoms with Gasteiger partial charge >= 0.3 is 5.97 Å². The van der Waals surface area contributed by atoms with E-state index in [2.05, 4.69) is 5.32 Å². The number of nitrogens with one attached hydrogen (secondary N) is 1. The third-order valence-electron chi connectivity index (χ3n) is 4.36. The summed E-state index contributed by atoms with van der Waals surface area (Å²) in [7, 11) is 1.65. The van der Waals surface area contributed by atoms with Crippen LogP contribution in [0.3, 0.4) is 0 Å². The third kappa shape index (κ3) is 3.33. The van der Waals surface area contributed by atoms with E-state index < -0.39 is 12.0 Å². The average Bonchev–Trinajstić information content (AvgIpc) is 2.95. The molecule has 0 bridgehead atoms. The Labute approximate surface area is 134 Å². The molecular formula is C16H21NO4S. The highest BCUT2D eigenvalue weighted by Crippen LogP contribution is 2.43. The van der Waals surface area contributed by atoms with Crippen molar-refractivity contribution < 1.29 is 19.4 Å². The molecule has 1 aromatic carbocycles. The van der Waals surface area contributed by atoms with Crippen LogP contribution >= 0.6 is 11.8 Å². The lowest BCUT2D eigenvalue weighted by Gasteiger charge is -2.37. The Kier molecular flexibility index (Phi) is 4.49. The summed E-state index contributed by atoms with van der Waals surface area (Å²) in [5.74, 6) is 1.58. The fourth-order valence-corrected chi connectivity index (χ4v) is 4.55. The molecule has 2 N–H and O–H groups in total. The maximum absolute atomic E-state index is 11.1. The zero-order valence-corrected chi connectivity index (χ0v) is 13.4. The molecule has 3 rings (SSSR count). The van der Waals surface area contributed by atoms with Gasteiger partial charge in [-0.2, -0.15) is 0 Å². The summed E-state index contributed by atoms with van der Waals surface area (Å²) in [5, 5.41) is 12.4. The monoisotopic (exact) mass is 323 g/mol. The number of aliphatic carboxylic acids is 1. The van der Waals surface area contributed by atoms with Gasteiger partial charge in [-0.15, -0.1) is 11.8 Å². The average molecular weight is 323 g/mol. The SMILES string of the molecule is COc1ccc(OC2CCC3(CC2)NC(C(=O)O)CS3)cc1. The molecule has 6 heteroatoms. The molecule has 1 aliphatic heterocycles. The van der Waals surface area contributed by atoms with Crippen LogP contribution in [0, 0.1) is 0 Å². The van der Waals surface area contributed by atoms with Crippen LogP contribution in [0.4, 0.5) is 0 Å². The van der Waals surface area contributed by atoms with Gasteiger partial charge in [-0.3, -0.25) is 10.1 Å². The van der Waals surface area contributed by atoms with Crippen molar-refractivity contribution >= 4 is 17.7 Å². The number of ether oxygens (including phenoxy) is 2. The molecule has 0 amide bonds. The number of carbonyl (C=O) groups is 1. The van der Waals surface area contributed by atoms with Crippen molar-refractivity contribution in [2.75, 3.05) is 12.9 Å². The summed E-state index contributed by atoms with van der Waals surface area (Å²) >= 11 is 1.75. The molecule has 5 nitrogen and oxygen atoms in total. The fraction of sp³-hybridized carbons (Fsp3) is 0.562. The first-order valence-corrected chi connectivity index (χ1v) is 8.54. The summed E-state index contributed by atoms with van der Waals surface area (Å²) in [5.41, 5.74) is 0. The van der Waals surface area contributed by atoms with Gasteiger partial charge in [-0.1, -0.05) is 0 Å². The smallest absolute Gasteiger partial charge is 0.321 e. The number of methoxy groups -OCH3 is 1. The van der Waals surface area contributed by atoms with Gasteiger partial charge in [-0.05, 0) is 49.9 Å². The first-order chi connectivity index (χ1) is 10.6. The molecule has 1 aromatic rings. The highest BCUT2D eigenvalue weighted by molar-refractivity contribution is 8.00. The number of carboxylic acids is 1. The summed E-state index contributed by atoms with van der Waals surface area (Å²) < 4.78 is 11.2. The van der Waals surface area contributed by atoms with Gasteiger partial charge in [0, 0.05) is 5.75 Å². The summed E-state index contributed by atoms with van der Waals surface area (Å²) in [6.07, 6.45) is 3.98. The molecule has 1 unspecified atom stereocenters. The zero-order valence-electron chi connectivity index (χ0n) is 12.6. The molecule has 1 spiro atoms. The Morgan fingerprint density at radius 2 is 1.91 bits per heavy atom. The maximum atomic E-state index is 11.1. The topological polar surface area (TPSA) is 67.8 Å². The fourth-order valence-electron chi connectivity index (χ4n) is 3.09. The highest BCUT2D eigenvalue weighted by Gasteiger charge is 2.44. The lowest BCUT2D eigenvalue weighted by molar-refractivity contribution is -0.139. The van der Waals surface area contributed by atoms with Crippen LogP contribution < -0.4 is 14.8 Å². The number of benzene rings is 1. The Balaban J connectivity index is 1.52. The van der Waals surface area contributed by atoms with E-state index >= 15 is 0 Å². The second-order valence-corrected chi connectivity index (χ2v) is 7.24. The van der Waals surface area contributed by atoms with Crippen LogP contribution in [-0.2, 0) is 4.79 Å². The van der Waals surface area contributed by atoms with Gasteiger partial charge < -0.3 is 14.6 Å².